The number of para-hydroxylation sites is 1. The van der Waals surface area contributed by atoms with Gasteiger partial charge in [-0.2, -0.15) is 0 Å². The van der Waals surface area contributed by atoms with E-state index in [0.29, 0.717) is 6.61 Å². The lowest BCUT2D eigenvalue weighted by Gasteiger charge is -2.05. The van der Waals surface area contributed by atoms with Crippen molar-refractivity contribution in [3.05, 3.63) is 59.9 Å². The van der Waals surface area contributed by atoms with Crippen LogP contribution in [0.15, 0.2) is 48.7 Å². The first kappa shape index (κ1) is 15.7. The molecule has 1 heterocycles. The van der Waals surface area contributed by atoms with Gasteiger partial charge in [-0.15, -0.1) is 24.0 Å². The van der Waals surface area contributed by atoms with Crippen LogP contribution in [-0.2, 0) is 7.05 Å². The van der Waals surface area contributed by atoms with Crippen molar-refractivity contribution < 1.29 is 9.30 Å². The minimum atomic E-state index is 0. The number of ether oxygens (including phenoxy) is 1. The highest BCUT2D eigenvalue weighted by atomic mass is 127. The molecule has 0 aliphatic rings. The van der Waals surface area contributed by atoms with Crippen LogP contribution in [0.5, 0.6) is 5.75 Å². The molecule has 0 saturated heterocycles. The van der Waals surface area contributed by atoms with E-state index in [4.69, 9.17) is 4.74 Å². The average molecular weight is 368 g/mol. The smallest absolute Gasteiger partial charge is 0.204 e. The highest BCUT2D eigenvalue weighted by Gasteiger charge is 2.01. The van der Waals surface area contributed by atoms with Crippen LogP contribution in [0.4, 0.5) is 0 Å². The largest absolute Gasteiger partial charge is 0.493 e. The van der Waals surface area contributed by atoms with E-state index in [1.165, 1.54) is 0 Å². The van der Waals surface area contributed by atoms with Crippen LogP contribution in [-0.4, -0.2) is 6.61 Å². The van der Waals surface area contributed by atoms with Gasteiger partial charge in [0.1, 0.15) is 12.8 Å². The van der Waals surface area contributed by atoms with E-state index in [2.05, 4.69) is 28.9 Å². The molecule has 0 radical (unpaired) electrons. The molecule has 0 N–H and O–H groups in total. The Balaban J connectivity index is 0.00000180. The lowest BCUT2D eigenvalue weighted by Crippen LogP contribution is -2.30. The number of aromatic nitrogens is 1. The van der Waals surface area contributed by atoms with E-state index in [9.17, 15) is 0 Å². The summed E-state index contributed by atoms with van der Waals surface area (Å²) in [5.41, 5.74) is 2.26. The summed E-state index contributed by atoms with van der Waals surface area (Å²) in [5, 5.41) is 0. The van der Waals surface area contributed by atoms with Gasteiger partial charge in [0.2, 0.25) is 5.69 Å². The summed E-state index contributed by atoms with van der Waals surface area (Å²) < 4.78 is 7.68. The lowest BCUT2D eigenvalue weighted by molar-refractivity contribution is -0.673. The number of benzene rings is 1. The fourth-order valence-electron chi connectivity index (χ4n) is 1.79. The van der Waals surface area contributed by atoms with Crippen LogP contribution in [0.25, 0.3) is 12.2 Å². The quantitative estimate of drug-likeness (QED) is 0.593. The monoisotopic (exact) mass is 368 g/mol. The van der Waals surface area contributed by atoms with Gasteiger partial charge in [-0.25, -0.2) is 4.57 Å². The minimum Gasteiger partial charge on any atom is -0.493 e. The third-order valence-electron chi connectivity index (χ3n) is 2.75. The zero-order chi connectivity index (χ0) is 12.8. The third kappa shape index (κ3) is 4.35. The number of pyridine rings is 1. The maximum absolute atomic E-state index is 5.60. The molecule has 0 bridgehead atoms. The summed E-state index contributed by atoms with van der Waals surface area (Å²) in [6.45, 7) is 2.68. The molecule has 1 aromatic carbocycles. The van der Waals surface area contributed by atoms with Crippen LogP contribution in [0.1, 0.15) is 18.2 Å². The van der Waals surface area contributed by atoms with Crippen molar-refractivity contribution in [3.8, 4) is 5.75 Å². The molecule has 0 saturated carbocycles. The van der Waals surface area contributed by atoms with E-state index in [1.807, 2.05) is 50.5 Å². The first-order chi connectivity index (χ1) is 8.81. The van der Waals surface area contributed by atoms with Gasteiger partial charge in [0.15, 0.2) is 6.20 Å². The van der Waals surface area contributed by atoms with Gasteiger partial charge in [-0.1, -0.05) is 18.2 Å². The molecule has 100 valence electrons. The van der Waals surface area contributed by atoms with Gasteiger partial charge in [0.25, 0.3) is 0 Å². The van der Waals surface area contributed by atoms with E-state index in [-0.39, 0.29) is 24.0 Å². The molecule has 0 atom stereocenters. The Morgan fingerprint density at radius 2 is 1.79 bits per heavy atom. The number of nitrogens with zero attached hydrogens (tertiary/aromatic N) is 1. The Bertz CT molecular complexity index is 552. The zero-order valence-electron chi connectivity index (χ0n) is 11.2. The molecule has 19 heavy (non-hydrogen) atoms. The van der Waals surface area contributed by atoms with Gasteiger partial charge in [-0.05, 0) is 25.1 Å². The molecule has 0 amide bonds. The van der Waals surface area contributed by atoms with Crippen molar-refractivity contribution in [3.63, 3.8) is 0 Å². The maximum Gasteiger partial charge on any atom is 0.204 e. The summed E-state index contributed by atoms with van der Waals surface area (Å²) in [6.07, 6.45) is 6.21. The second kappa shape index (κ2) is 7.94. The van der Waals surface area contributed by atoms with Crippen molar-refractivity contribution in [1.82, 2.24) is 0 Å². The van der Waals surface area contributed by atoms with Gasteiger partial charge in [0.05, 0.1) is 6.61 Å². The Kier molecular flexibility index (Phi) is 6.56. The van der Waals surface area contributed by atoms with Gasteiger partial charge in [0, 0.05) is 23.8 Å². The predicted octanol–water partition coefficient (Wildman–Crippen LogP) is 3.70. The molecule has 0 fully saturated rings. The first-order valence-electron chi connectivity index (χ1n) is 6.16. The molecule has 0 aliphatic carbocycles. The Labute approximate surface area is 131 Å². The van der Waals surface area contributed by atoms with Crippen LogP contribution >= 0.6 is 24.0 Å². The lowest BCUT2D eigenvalue weighted by atomic mass is 10.1. The number of hydrogen-bond acceptors (Lipinski definition) is 1. The number of halogens is 1. The van der Waals surface area contributed by atoms with E-state index in [1.54, 1.807) is 0 Å². The second-order valence-electron chi connectivity index (χ2n) is 4.04. The maximum atomic E-state index is 5.60. The van der Waals surface area contributed by atoms with Gasteiger partial charge < -0.3 is 4.74 Å². The third-order valence-corrected chi connectivity index (χ3v) is 2.75. The topological polar surface area (TPSA) is 13.1 Å². The van der Waals surface area contributed by atoms with Crippen LogP contribution in [0.3, 0.4) is 0 Å². The fourth-order valence-corrected chi connectivity index (χ4v) is 1.79. The van der Waals surface area contributed by atoms with Crippen molar-refractivity contribution in [2.45, 2.75) is 6.92 Å². The molecular formula is C16H19INO+. The van der Waals surface area contributed by atoms with E-state index >= 15 is 0 Å². The average Bonchev–Trinajstić information content (AvgIpc) is 2.40. The molecular weight excluding hydrogens is 349 g/mol. The Morgan fingerprint density at radius 3 is 2.53 bits per heavy atom. The molecule has 0 unspecified atom stereocenters. The summed E-state index contributed by atoms with van der Waals surface area (Å²) in [4.78, 5) is 0. The first-order valence-corrected chi connectivity index (χ1v) is 6.16. The molecule has 3 heteroatoms. The van der Waals surface area contributed by atoms with Crippen LogP contribution in [0.2, 0.25) is 0 Å². The number of aryl methyl sites for hydroxylation is 1. The van der Waals surface area contributed by atoms with Crippen molar-refractivity contribution >= 4 is 36.1 Å². The summed E-state index contributed by atoms with van der Waals surface area (Å²) >= 11 is 0. The van der Waals surface area contributed by atoms with Gasteiger partial charge in [-0.3, -0.25) is 0 Å². The van der Waals surface area contributed by atoms with Crippen LogP contribution < -0.4 is 9.30 Å². The highest BCUT2D eigenvalue weighted by Crippen LogP contribution is 2.20. The zero-order valence-corrected chi connectivity index (χ0v) is 13.6. The Morgan fingerprint density at radius 1 is 1.05 bits per heavy atom. The molecule has 0 aliphatic heterocycles. The molecule has 2 rings (SSSR count). The van der Waals surface area contributed by atoms with Crippen LogP contribution in [0, 0.1) is 0 Å². The van der Waals surface area contributed by atoms with E-state index in [0.717, 1.165) is 17.0 Å². The van der Waals surface area contributed by atoms with Crippen molar-refractivity contribution in [2.75, 3.05) is 6.61 Å². The van der Waals surface area contributed by atoms with Crippen molar-refractivity contribution in [2.24, 2.45) is 7.05 Å². The van der Waals surface area contributed by atoms with Gasteiger partial charge >= 0.3 is 0 Å². The fraction of sp³-hybridized carbons (Fsp3) is 0.188. The number of rotatable bonds is 4. The standard InChI is InChI=1S/C16H18NO.HI/c1-3-18-16-10-5-4-8-14(16)11-12-15-9-6-7-13-17(15)2;/h4-13H,3H2,1-2H3;1H/q+1;/b12-11+;. The summed E-state index contributed by atoms with van der Waals surface area (Å²) in [5.74, 6) is 0.926. The number of hydrogen-bond donors (Lipinski definition) is 0. The Hall–Kier alpha value is -1.36. The predicted molar refractivity (Wildman–Crippen MR) is 89.6 cm³/mol. The molecule has 2 nitrogen and oxygen atoms in total. The highest BCUT2D eigenvalue weighted by molar-refractivity contribution is 14.0. The summed E-state index contributed by atoms with van der Waals surface area (Å²) in [7, 11) is 2.04. The second-order valence-corrected chi connectivity index (χ2v) is 4.04. The minimum absolute atomic E-state index is 0. The normalized spacial score (nSPS) is 10.2. The van der Waals surface area contributed by atoms with Crippen molar-refractivity contribution in [1.29, 1.82) is 0 Å². The summed E-state index contributed by atoms with van der Waals surface area (Å²) in [6, 6.07) is 14.2. The molecule has 0 spiro atoms. The molecule has 2 aromatic rings. The van der Waals surface area contributed by atoms with E-state index < -0.39 is 0 Å². The molecule has 1 aromatic heterocycles. The SMILES string of the molecule is CCOc1ccccc1/C=C/c1cccc[n+]1C.I.